The van der Waals surface area contributed by atoms with E-state index < -0.39 is 62.9 Å². The van der Waals surface area contributed by atoms with Crippen molar-refractivity contribution in [3.05, 3.63) is 0 Å². The van der Waals surface area contributed by atoms with Crippen LogP contribution in [-0.2, 0) is 84.2 Å². The van der Waals surface area contributed by atoms with E-state index in [4.69, 9.17) is 44.7 Å². The van der Waals surface area contributed by atoms with Crippen molar-refractivity contribution < 1.29 is 110 Å². The van der Waals surface area contributed by atoms with Crippen LogP contribution >= 0.6 is 0 Å². The molecule has 27 heavy (non-hydrogen) atoms. The van der Waals surface area contributed by atoms with E-state index in [9.17, 15) is 19.2 Å². The zero-order valence-electron chi connectivity index (χ0n) is 12.1. The van der Waals surface area contributed by atoms with Gasteiger partial charge in [-0.1, -0.05) is 0 Å². The predicted molar refractivity (Wildman–Crippen MR) is 62.2 cm³/mol. The monoisotopic (exact) mass is 492 g/mol. The molecule has 0 bridgehead atoms. The molecule has 1 aliphatic rings. The number of carboxylic acids is 5. The van der Waals surface area contributed by atoms with Gasteiger partial charge in [0.05, 0.1) is 0 Å². The van der Waals surface area contributed by atoms with Gasteiger partial charge in [0.15, 0.2) is 0 Å². The smallest absolute Gasteiger partial charge is 0.542 e. The SMILES string of the molecule is O=C(O)C(=O)O.O=C(O)C(=O)O.O=C(O)C(=O)[O][Al]1[O]C(=O)C(=O)[O]1.[Cr].[Fe]. The second kappa shape index (κ2) is 15.6. The summed E-state index contributed by atoms with van der Waals surface area (Å²) in [4.78, 5) is 77.3. The largest absolute Gasteiger partial charge is 1.20 e. The maximum absolute atomic E-state index is 10.3. The van der Waals surface area contributed by atoms with Crippen LogP contribution in [-0.4, -0.2) is 88.4 Å². The van der Waals surface area contributed by atoms with Crippen LogP contribution in [0.2, 0.25) is 0 Å². The Hall–Kier alpha value is -2.66. The average Bonchev–Trinajstić information content (AvgIpc) is 2.78. The van der Waals surface area contributed by atoms with E-state index in [1.54, 1.807) is 0 Å². The van der Waals surface area contributed by atoms with Gasteiger partial charge in [-0.05, 0) is 0 Å². The fraction of sp³-hybridized carbons (Fsp3) is 0. The van der Waals surface area contributed by atoms with Crippen molar-refractivity contribution in [1.82, 2.24) is 0 Å². The topological polar surface area (TPSA) is 265 Å². The molecule has 0 aromatic rings. The fourth-order valence-corrected chi connectivity index (χ4v) is 1.44. The molecule has 5 N–H and O–H groups in total. The number of hydrogen-bond acceptors (Lipinski definition) is 11. The molecule has 16 nitrogen and oxygen atoms in total. The molecule has 0 aliphatic carbocycles. The van der Waals surface area contributed by atoms with Crippen LogP contribution in [0, 0.1) is 0 Å². The van der Waals surface area contributed by atoms with Crippen LogP contribution in [0.4, 0.5) is 0 Å². The molecular formula is C8H5AlCrFeO16. The van der Waals surface area contributed by atoms with Gasteiger partial charge in [-0.15, -0.1) is 0 Å². The molecule has 0 radical (unpaired) electrons. The molecule has 0 saturated carbocycles. The summed E-state index contributed by atoms with van der Waals surface area (Å²) in [6.45, 7) is 0. The van der Waals surface area contributed by atoms with E-state index in [2.05, 4.69) is 11.4 Å². The van der Waals surface area contributed by atoms with E-state index in [0.717, 1.165) is 0 Å². The third kappa shape index (κ3) is 16.6. The molecule has 19 heteroatoms. The van der Waals surface area contributed by atoms with Gasteiger partial charge >= 0.3 is 62.9 Å². The first kappa shape index (κ1) is 32.1. The van der Waals surface area contributed by atoms with Crippen LogP contribution in [0.25, 0.3) is 0 Å². The number of carboxylic acid groups (broad SMARTS) is 5. The number of carbonyl (C=O) groups excluding carboxylic acids is 3. The minimum absolute atomic E-state index is 0. The van der Waals surface area contributed by atoms with E-state index in [0.29, 0.717) is 0 Å². The summed E-state index contributed by atoms with van der Waals surface area (Å²) in [6.07, 6.45) is 0. The van der Waals surface area contributed by atoms with Crippen molar-refractivity contribution in [1.29, 1.82) is 0 Å². The Morgan fingerprint density at radius 1 is 0.667 bits per heavy atom. The first-order chi connectivity index (χ1) is 11.3. The van der Waals surface area contributed by atoms with Gasteiger partial charge in [0.25, 0.3) is 0 Å². The Morgan fingerprint density at radius 3 is 1.11 bits per heavy atom. The van der Waals surface area contributed by atoms with Crippen LogP contribution < -0.4 is 0 Å². The van der Waals surface area contributed by atoms with Crippen molar-refractivity contribution in [3.63, 3.8) is 0 Å². The van der Waals surface area contributed by atoms with Gasteiger partial charge in [-0.2, -0.15) is 0 Å². The number of carbonyl (C=O) groups is 8. The van der Waals surface area contributed by atoms with E-state index in [1.165, 1.54) is 0 Å². The normalized spacial score (nSPS) is 10.4. The Balaban J connectivity index is -0.000000162. The van der Waals surface area contributed by atoms with Crippen LogP contribution in [0.5, 0.6) is 0 Å². The molecule has 1 fully saturated rings. The van der Waals surface area contributed by atoms with E-state index >= 15 is 0 Å². The molecule has 0 aromatic carbocycles. The first-order valence-corrected chi connectivity index (χ1v) is 6.48. The minimum atomic E-state index is -3.24. The van der Waals surface area contributed by atoms with Crippen molar-refractivity contribution in [2.24, 2.45) is 0 Å². The maximum Gasteiger partial charge on any atom is 1.20 e. The van der Waals surface area contributed by atoms with Gasteiger partial charge in [0.1, 0.15) is 0 Å². The summed E-state index contributed by atoms with van der Waals surface area (Å²) in [7, 11) is 0. The summed E-state index contributed by atoms with van der Waals surface area (Å²) in [5.41, 5.74) is 0. The molecule has 0 amide bonds. The van der Waals surface area contributed by atoms with Crippen LogP contribution in [0.15, 0.2) is 0 Å². The third-order valence-corrected chi connectivity index (χ3v) is 2.54. The Bertz CT molecular complexity index is 566. The van der Waals surface area contributed by atoms with Gasteiger partial charge in [0.2, 0.25) is 0 Å². The molecule has 0 atom stereocenters. The fourth-order valence-electron chi connectivity index (χ4n) is 0.481. The number of aliphatic carboxylic acids is 5. The quantitative estimate of drug-likeness (QED) is 0.172. The molecule has 0 aromatic heterocycles. The van der Waals surface area contributed by atoms with Gasteiger partial charge in [-0.25, -0.2) is 38.4 Å². The molecular weight excluding hydrogens is 487 g/mol. The predicted octanol–water partition coefficient (Wildman–Crippen LogP) is -3.99. The molecule has 150 valence electrons. The summed E-state index contributed by atoms with van der Waals surface area (Å²) < 4.78 is 12.3. The van der Waals surface area contributed by atoms with Crippen LogP contribution in [0.3, 0.4) is 0 Å². The molecule has 1 rings (SSSR count). The summed E-state index contributed by atoms with van der Waals surface area (Å²) >= 11 is -3.24. The van der Waals surface area contributed by atoms with Crippen LogP contribution in [0.1, 0.15) is 0 Å². The number of rotatable bonds is 1. The molecule has 1 saturated heterocycles. The van der Waals surface area contributed by atoms with E-state index in [-0.39, 0.29) is 34.4 Å². The first-order valence-electron chi connectivity index (χ1n) is 5.07. The van der Waals surface area contributed by atoms with Gasteiger partial charge in [-0.3, -0.25) is 0 Å². The average molecular weight is 492 g/mol. The van der Waals surface area contributed by atoms with Crippen molar-refractivity contribution in [2.75, 3.05) is 0 Å². The molecule has 0 spiro atoms. The Labute approximate surface area is 172 Å². The third-order valence-electron chi connectivity index (χ3n) is 1.32. The standard InChI is InChI=1S/4C2H2O4.Al.Cr.Fe/c4*3-1(4)2(5)6;;;/h4*(H,3,4)(H,5,6);;;/q;;;;+3;;/p-3. The van der Waals surface area contributed by atoms with E-state index in [1.807, 2.05) is 0 Å². The second-order valence-electron chi connectivity index (χ2n) is 3.03. The number of hydrogen-bond donors (Lipinski definition) is 5. The minimum Gasteiger partial charge on any atom is -0.542 e. The Kier molecular flexibility index (Phi) is 18.5. The zero-order valence-corrected chi connectivity index (χ0v) is 15.6. The molecule has 0 unspecified atom stereocenters. The summed E-state index contributed by atoms with van der Waals surface area (Å²) in [5.74, 6) is -13.3. The zero-order chi connectivity index (χ0) is 20.3. The van der Waals surface area contributed by atoms with Crippen molar-refractivity contribution in [2.45, 2.75) is 0 Å². The maximum atomic E-state index is 10.3. The van der Waals surface area contributed by atoms with Crippen molar-refractivity contribution >= 4 is 62.9 Å². The van der Waals surface area contributed by atoms with Crippen molar-refractivity contribution in [3.8, 4) is 0 Å². The summed E-state index contributed by atoms with van der Waals surface area (Å²) in [5, 5.41) is 37.6. The molecule has 1 heterocycles. The molecule has 1 aliphatic heterocycles. The second-order valence-corrected chi connectivity index (χ2v) is 4.31. The van der Waals surface area contributed by atoms with Gasteiger partial charge < -0.3 is 36.9 Å². The van der Waals surface area contributed by atoms with Gasteiger partial charge in [0, 0.05) is 34.4 Å². The Morgan fingerprint density at radius 2 is 0.926 bits per heavy atom. The summed E-state index contributed by atoms with van der Waals surface area (Å²) in [6, 6.07) is 0.